The second-order valence-electron chi connectivity index (χ2n) is 8.15. The third-order valence-electron chi connectivity index (χ3n) is 5.98. The molecule has 2 aromatic rings. The smallest absolute Gasteiger partial charge is 0.282 e. The van der Waals surface area contributed by atoms with Gasteiger partial charge in [0.2, 0.25) is 0 Å². The van der Waals surface area contributed by atoms with Gasteiger partial charge in [-0.25, -0.2) is 8.78 Å². The molecule has 30 heavy (non-hydrogen) atoms. The van der Waals surface area contributed by atoms with Crippen LogP contribution in [0.25, 0.3) is 11.3 Å². The van der Waals surface area contributed by atoms with Crippen molar-refractivity contribution in [3.63, 3.8) is 0 Å². The normalized spacial score (nSPS) is 22.1. The van der Waals surface area contributed by atoms with Crippen molar-refractivity contribution in [1.82, 2.24) is 4.57 Å². The van der Waals surface area contributed by atoms with Crippen molar-refractivity contribution in [2.75, 3.05) is 44.4 Å². The summed E-state index contributed by atoms with van der Waals surface area (Å²) in [7, 11) is 0. The molecule has 0 aliphatic carbocycles. The first kappa shape index (κ1) is 19.5. The zero-order valence-corrected chi connectivity index (χ0v) is 16.8. The maximum absolute atomic E-state index is 13.2. The Balaban J connectivity index is 1.45. The molecule has 8 heteroatoms. The van der Waals surface area contributed by atoms with Crippen LogP contribution >= 0.6 is 0 Å². The van der Waals surface area contributed by atoms with E-state index in [0.29, 0.717) is 44.4 Å². The van der Waals surface area contributed by atoms with Crippen molar-refractivity contribution < 1.29 is 23.0 Å². The fourth-order valence-corrected chi connectivity index (χ4v) is 4.37. The molecule has 3 aliphatic heterocycles. The summed E-state index contributed by atoms with van der Waals surface area (Å²) in [6.45, 7) is 3.90. The highest BCUT2D eigenvalue weighted by molar-refractivity contribution is 5.73. The van der Waals surface area contributed by atoms with Gasteiger partial charge in [-0.05, 0) is 31.0 Å². The molecule has 4 heterocycles. The van der Waals surface area contributed by atoms with Gasteiger partial charge in [0.25, 0.3) is 5.92 Å². The van der Waals surface area contributed by atoms with Gasteiger partial charge in [-0.2, -0.15) is 0 Å². The molecule has 0 spiro atoms. The largest absolute Gasteiger partial charge is 0.476 e. The van der Waals surface area contributed by atoms with Crippen molar-refractivity contribution in [1.29, 1.82) is 0 Å². The summed E-state index contributed by atoms with van der Waals surface area (Å²) in [5, 5.41) is 0. The first-order valence-corrected chi connectivity index (χ1v) is 10.2. The summed E-state index contributed by atoms with van der Waals surface area (Å²) >= 11 is 0. The van der Waals surface area contributed by atoms with Crippen LogP contribution in [0.3, 0.4) is 0 Å². The van der Waals surface area contributed by atoms with Gasteiger partial charge in [-0.1, -0.05) is 6.07 Å². The molecular formula is C22H24F2N2O4. The quantitative estimate of drug-likeness (QED) is 0.764. The summed E-state index contributed by atoms with van der Waals surface area (Å²) in [6.07, 6.45) is 0.585. The maximum atomic E-state index is 13.2. The van der Waals surface area contributed by atoms with E-state index >= 15 is 0 Å². The third-order valence-corrected chi connectivity index (χ3v) is 5.98. The van der Waals surface area contributed by atoms with Gasteiger partial charge in [0.15, 0.2) is 11.3 Å². The molecule has 0 unspecified atom stereocenters. The van der Waals surface area contributed by atoms with Gasteiger partial charge >= 0.3 is 0 Å². The van der Waals surface area contributed by atoms with Gasteiger partial charge < -0.3 is 23.7 Å². The standard InChI is InChI=1S/C22H24F2N2O4/c1-14-19(27)9-20(30-11-17-10-28-6-7-29-17)26-5-4-15-8-16(2-3-18(15)21(14)26)25-12-22(23,24)13-25/h2-3,8-9,17H,4-7,10-13H2,1H3/t17-/m0/s1. The minimum Gasteiger partial charge on any atom is -0.476 e. The fraction of sp³-hybridized carbons (Fsp3) is 0.500. The number of aryl methyl sites for hydroxylation is 1. The van der Waals surface area contributed by atoms with Gasteiger partial charge in [0.05, 0.1) is 38.6 Å². The minimum absolute atomic E-state index is 0.0867. The molecule has 160 valence electrons. The zero-order chi connectivity index (χ0) is 20.9. The molecule has 3 aliphatic rings. The maximum Gasteiger partial charge on any atom is 0.282 e. The summed E-state index contributed by atoms with van der Waals surface area (Å²) in [5.74, 6) is -2.09. The predicted molar refractivity (Wildman–Crippen MR) is 108 cm³/mol. The van der Waals surface area contributed by atoms with E-state index < -0.39 is 5.92 Å². The number of hydrogen-bond donors (Lipinski definition) is 0. The van der Waals surface area contributed by atoms with Crippen molar-refractivity contribution in [2.45, 2.75) is 31.9 Å². The number of nitrogens with zero attached hydrogens (tertiary/aromatic N) is 2. The van der Waals surface area contributed by atoms with Gasteiger partial charge in [0, 0.05) is 29.4 Å². The number of alkyl halides is 2. The van der Waals surface area contributed by atoms with E-state index in [4.69, 9.17) is 14.2 Å². The van der Waals surface area contributed by atoms with E-state index in [1.165, 1.54) is 6.07 Å². The third kappa shape index (κ3) is 3.48. The lowest BCUT2D eigenvalue weighted by atomic mass is 9.93. The SMILES string of the molecule is Cc1c2n(c(OC[C@@H]3COCCO3)cc1=O)CCc1cc(N3CC(F)(F)C3)ccc1-2. The number of pyridine rings is 1. The summed E-state index contributed by atoms with van der Waals surface area (Å²) in [6, 6.07) is 7.29. The molecule has 0 amide bonds. The van der Waals surface area contributed by atoms with Crippen LogP contribution in [0.5, 0.6) is 5.88 Å². The van der Waals surface area contributed by atoms with E-state index in [0.717, 1.165) is 28.9 Å². The van der Waals surface area contributed by atoms with Crippen LogP contribution in [0.2, 0.25) is 0 Å². The van der Waals surface area contributed by atoms with Gasteiger partial charge in [-0.3, -0.25) is 4.79 Å². The Morgan fingerprint density at radius 2 is 2.07 bits per heavy atom. The molecule has 1 aromatic carbocycles. The Labute approximate surface area is 173 Å². The van der Waals surface area contributed by atoms with Crippen molar-refractivity contribution >= 4 is 5.69 Å². The Hall–Kier alpha value is -2.45. The van der Waals surface area contributed by atoms with Crippen molar-refractivity contribution in [3.8, 4) is 17.1 Å². The molecular weight excluding hydrogens is 394 g/mol. The van der Waals surface area contributed by atoms with Crippen LogP contribution in [0, 0.1) is 6.92 Å². The van der Waals surface area contributed by atoms with E-state index in [-0.39, 0.29) is 24.6 Å². The molecule has 2 fully saturated rings. The van der Waals surface area contributed by atoms with E-state index in [9.17, 15) is 13.6 Å². The summed E-state index contributed by atoms with van der Waals surface area (Å²) < 4.78 is 45.5. The highest BCUT2D eigenvalue weighted by Gasteiger charge is 2.44. The number of aromatic nitrogens is 1. The number of fused-ring (bicyclic) bond motifs is 3. The average molecular weight is 418 g/mol. The molecule has 5 rings (SSSR count). The van der Waals surface area contributed by atoms with Gasteiger partial charge in [0.1, 0.15) is 12.7 Å². The summed E-state index contributed by atoms with van der Waals surface area (Å²) in [5.41, 5.74) is 4.22. The Bertz CT molecular complexity index is 1020. The fourth-order valence-electron chi connectivity index (χ4n) is 4.37. The lowest BCUT2D eigenvalue weighted by Gasteiger charge is -2.41. The molecule has 1 aromatic heterocycles. The first-order valence-electron chi connectivity index (χ1n) is 10.2. The molecule has 0 radical (unpaired) electrons. The molecule has 1 atom stereocenters. The summed E-state index contributed by atoms with van der Waals surface area (Å²) in [4.78, 5) is 14.3. The van der Waals surface area contributed by atoms with Crippen LogP contribution in [0.15, 0.2) is 29.1 Å². The molecule has 6 nitrogen and oxygen atoms in total. The Kier molecular flexibility index (Phi) is 4.78. The highest BCUT2D eigenvalue weighted by Crippen LogP contribution is 2.38. The van der Waals surface area contributed by atoms with Gasteiger partial charge in [-0.15, -0.1) is 0 Å². The number of hydrogen-bond acceptors (Lipinski definition) is 5. The number of anilines is 1. The second-order valence-corrected chi connectivity index (χ2v) is 8.15. The van der Waals surface area contributed by atoms with E-state index in [1.54, 1.807) is 4.90 Å². The van der Waals surface area contributed by atoms with Crippen LogP contribution in [0.1, 0.15) is 11.1 Å². The second kappa shape index (κ2) is 7.35. The van der Waals surface area contributed by atoms with Crippen LogP contribution in [-0.2, 0) is 22.4 Å². The van der Waals surface area contributed by atoms with E-state index in [1.807, 2.05) is 29.7 Å². The lowest BCUT2D eigenvalue weighted by molar-refractivity contribution is -0.102. The van der Waals surface area contributed by atoms with Crippen LogP contribution in [-0.4, -0.2) is 56.1 Å². The number of rotatable bonds is 4. The Morgan fingerprint density at radius 1 is 1.23 bits per heavy atom. The minimum atomic E-state index is -2.61. The molecule has 0 N–H and O–H groups in total. The highest BCUT2D eigenvalue weighted by atomic mass is 19.3. The lowest BCUT2D eigenvalue weighted by Crippen LogP contribution is -2.56. The van der Waals surface area contributed by atoms with Crippen molar-refractivity contribution in [3.05, 3.63) is 45.6 Å². The molecule has 0 bridgehead atoms. The van der Waals surface area contributed by atoms with Crippen LogP contribution in [0.4, 0.5) is 14.5 Å². The topological polar surface area (TPSA) is 52.9 Å². The average Bonchev–Trinajstić information content (AvgIpc) is 2.73. The zero-order valence-electron chi connectivity index (χ0n) is 16.8. The number of ether oxygens (including phenoxy) is 3. The molecule has 0 saturated carbocycles. The number of halogens is 2. The van der Waals surface area contributed by atoms with Crippen LogP contribution < -0.4 is 15.1 Å². The first-order chi connectivity index (χ1) is 14.4. The predicted octanol–water partition coefficient (Wildman–Crippen LogP) is 2.63. The Morgan fingerprint density at radius 3 is 2.80 bits per heavy atom. The monoisotopic (exact) mass is 418 g/mol. The molecule has 2 saturated heterocycles. The van der Waals surface area contributed by atoms with Crippen molar-refractivity contribution in [2.24, 2.45) is 0 Å². The number of benzene rings is 1. The van der Waals surface area contributed by atoms with E-state index in [2.05, 4.69) is 0 Å².